The molecular formula is C27H24N6O. The van der Waals surface area contributed by atoms with Crippen molar-refractivity contribution in [2.24, 2.45) is 0 Å². The van der Waals surface area contributed by atoms with E-state index in [0.29, 0.717) is 22.4 Å². The van der Waals surface area contributed by atoms with Gasteiger partial charge in [-0.2, -0.15) is 5.26 Å². The summed E-state index contributed by atoms with van der Waals surface area (Å²) >= 11 is 0. The molecule has 0 saturated carbocycles. The summed E-state index contributed by atoms with van der Waals surface area (Å²) in [6.07, 6.45) is 5.24. The van der Waals surface area contributed by atoms with Gasteiger partial charge >= 0.3 is 0 Å². The van der Waals surface area contributed by atoms with E-state index < -0.39 is 0 Å². The van der Waals surface area contributed by atoms with Crippen molar-refractivity contribution < 1.29 is 0 Å². The van der Waals surface area contributed by atoms with E-state index in [1.807, 2.05) is 42.5 Å². The fourth-order valence-corrected chi connectivity index (χ4v) is 4.20. The molecule has 5 rings (SSSR count). The number of rotatable bonds is 4. The highest BCUT2D eigenvalue weighted by Gasteiger charge is 2.17. The molecule has 1 aliphatic heterocycles. The quantitative estimate of drug-likeness (QED) is 0.475. The summed E-state index contributed by atoms with van der Waals surface area (Å²) in [5.41, 5.74) is 3.48. The van der Waals surface area contributed by atoms with Crippen molar-refractivity contribution in [1.82, 2.24) is 19.4 Å². The van der Waals surface area contributed by atoms with E-state index >= 15 is 0 Å². The van der Waals surface area contributed by atoms with Crippen LogP contribution in [0.4, 0.5) is 5.82 Å². The van der Waals surface area contributed by atoms with Gasteiger partial charge in [0.25, 0.3) is 5.56 Å². The topological polar surface area (TPSA) is 78.0 Å². The van der Waals surface area contributed by atoms with Gasteiger partial charge < -0.3 is 9.80 Å². The predicted molar refractivity (Wildman–Crippen MR) is 133 cm³/mol. The van der Waals surface area contributed by atoms with Gasteiger partial charge in [-0.15, -0.1) is 0 Å². The third-order valence-corrected chi connectivity index (χ3v) is 6.15. The molecule has 1 fully saturated rings. The number of anilines is 1. The fraction of sp³-hybridized carbons (Fsp3) is 0.185. The van der Waals surface area contributed by atoms with Crippen molar-refractivity contribution >= 4 is 5.82 Å². The molecule has 0 amide bonds. The van der Waals surface area contributed by atoms with Crippen LogP contribution in [0.2, 0.25) is 0 Å². The van der Waals surface area contributed by atoms with Crippen LogP contribution in [0.3, 0.4) is 0 Å². The van der Waals surface area contributed by atoms with Crippen LogP contribution in [0.5, 0.6) is 0 Å². The fourth-order valence-electron chi connectivity index (χ4n) is 4.20. The van der Waals surface area contributed by atoms with Crippen molar-refractivity contribution in [3.8, 4) is 34.1 Å². The van der Waals surface area contributed by atoms with E-state index in [-0.39, 0.29) is 5.56 Å². The van der Waals surface area contributed by atoms with E-state index in [4.69, 9.17) is 0 Å². The summed E-state index contributed by atoms with van der Waals surface area (Å²) in [6, 6.07) is 20.7. The number of aromatic nitrogens is 3. The standard InChI is InChI=1S/C27H24N6O/c1-31-12-14-32(15-13-31)26-10-9-22(18-30-26)33-19-21(25-8-4-5-11-29-25)16-24(27(33)34)23-7-3-2-6-20(23)17-28/h2-11,16,18-19H,12-15H2,1H3. The SMILES string of the molecule is CN1CCN(c2ccc(-n3cc(-c4ccccn4)cc(-c4ccccc4C#N)c3=O)cn2)CC1. The second kappa shape index (κ2) is 9.30. The van der Waals surface area contributed by atoms with Crippen molar-refractivity contribution in [2.75, 3.05) is 38.1 Å². The minimum atomic E-state index is -0.212. The molecule has 7 heteroatoms. The van der Waals surface area contributed by atoms with Gasteiger partial charge in [0.1, 0.15) is 5.82 Å². The molecule has 1 saturated heterocycles. The number of benzene rings is 1. The zero-order chi connectivity index (χ0) is 23.5. The van der Waals surface area contributed by atoms with E-state index in [2.05, 4.69) is 32.9 Å². The summed E-state index contributed by atoms with van der Waals surface area (Å²) in [4.78, 5) is 27.3. The average Bonchev–Trinajstić information content (AvgIpc) is 2.90. The Kier molecular flexibility index (Phi) is 5.90. The number of piperazine rings is 1. The summed E-state index contributed by atoms with van der Waals surface area (Å²) in [5, 5.41) is 9.63. The van der Waals surface area contributed by atoms with Gasteiger partial charge in [0.15, 0.2) is 0 Å². The van der Waals surface area contributed by atoms with E-state index in [1.165, 1.54) is 0 Å². The third-order valence-electron chi connectivity index (χ3n) is 6.15. The Hall–Kier alpha value is -4.28. The molecular weight excluding hydrogens is 424 g/mol. The molecule has 4 heterocycles. The summed E-state index contributed by atoms with van der Waals surface area (Å²) in [7, 11) is 2.12. The summed E-state index contributed by atoms with van der Waals surface area (Å²) < 4.78 is 1.59. The lowest BCUT2D eigenvalue weighted by molar-refractivity contribution is 0.312. The van der Waals surface area contributed by atoms with Crippen LogP contribution in [0.15, 0.2) is 84.0 Å². The highest BCUT2D eigenvalue weighted by atomic mass is 16.1. The van der Waals surface area contributed by atoms with E-state index in [1.54, 1.807) is 41.4 Å². The van der Waals surface area contributed by atoms with Gasteiger partial charge in [-0.25, -0.2) is 4.98 Å². The lowest BCUT2D eigenvalue weighted by atomic mass is 9.99. The number of nitriles is 1. The smallest absolute Gasteiger partial charge is 0.263 e. The molecule has 34 heavy (non-hydrogen) atoms. The van der Waals surface area contributed by atoms with Crippen LogP contribution in [0.25, 0.3) is 28.1 Å². The van der Waals surface area contributed by atoms with Crippen LogP contribution in [0.1, 0.15) is 5.56 Å². The van der Waals surface area contributed by atoms with Gasteiger partial charge in [-0.1, -0.05) is 24.3 Å². The molecule has 0 N–H and O–H groups in total. The van der Waals surface area contributed by atoms with E-state index in [9.17, 15) is 10.1 Å². The van der Waals surface area contributed by atoms with Gasteiger partial charge in [0.2, 0.25) is 0 Å². The molecule has 168 valence electrons. The number of pyridine rings is 3. The van der Waals surface area contributed by atoms with Gasteiger partial charge in [-0.3, -0.25) is 14.3 Å². The number of hydrogen-bond acceptors (Lipinski definition) is 6. The van der Waals surface area contributed by atoms with E-state index in [0.717, 1.165) is 43.3 Å². The molecule has 1 aliphatic rings. The van der Waals surface area contributed by atoms with Crippen LogP contribution in [0, 0.1) is 11.3 Å². The molecule has 0 radical (unpaired) electrons. The molecule has 0 bridgehead atoms. The average molecular weight is 449 g/mol. The highest BCUT2D eigenvalue weighted by molar-refractivity contribution is 5.74. The molecule has 0 spiro atoms. The first-order valence-corrected chi connectivity index (χ1v) is 11.2. The summed E-state index contributed by atoms with van der Waals surface area (Å²) in [6.45, 7) is 3.84. The van der Waals surface area contributed by atoms with Crippen LogP contribution >= 0.6 is 0 Å². The minimum Gasteiger partial charge on any atom is -0.354 e. The van der Waals surface area contributed by atoms with Gasteiger partial charge in [-0.05, 0) is 43.4 Å². The molecule has 0 aliphatic carbocycles. The first-order chi connectivity index (χ1) is 16.6. The number of nitrogens with zero attached hydrogens (tertiary/aromatic N) is 6. The van der Waals surface area contributed by atoms with Crippen molar-refractivity contribution in [3.05, 3.63) is 95.2 Å². The molecule has 3 aromatic heterocycles. The number of likely N-dealkylation sites (N-methyl/N-ethyl adjacent to an activating group) is 1. The molecule has 7 nitrogen and oxygen atoms in total. The van der Waals surface area contributed by atoms with Crippen LogP contribution in [-0.4, -0.2) is 52.7 Å². The Labute approximate surface area is 198 Å². The largest absolute Gasteiger partial charge is 0.354 e. The van der Waals surface area contributed by atoms with Gasteiger partial charge in [0, 0.05) is 55.3 Å². The Morgan fingerprint density at radius 3 is 2.41 bits per heavy atom. The molecule has 1 aromatic carbocycles. The molecule has 0 atom stereocenters. The van der Waals surface area contributed by atoms with Crippen LogP contribution < -0.4 is 10.5 Å². The first kappa shape index (κ1) is 21.6. The zero-order valence-electron chi connectivity index (χ0n) is 18.9. The Morgan fingerprint density at radius 2 is 1.71 bits per heavy atom. The van der Waals surface area contributed by atoms with Crippen molar-refractivity contribution in [3.63, 3.8) is 0 Å². The zero-order valence-corrected chi connectivity index (χ0v) is 18.9. The molecule has 4 aromatic rings. The predicted octanol–water partition coefficient (Wildman–Crippen LogP) is 3.58. The maximum absolute atomic E-state index is 13.6. The second-order valence-electron chi connectivity index (χ2n) is 8.35. The monoisotopic (exact) mass is 448 g/mol. The third kappa shape index (κ3) is 4.19. The lowest BCUT2D eigenvalue weighted by Gasteiger charge is -2.33. The number of hydrogen-bond donors (Lipinski definition) is 0. The Bertz CT molecular complexity index is 1400. The normalized spacial score (nSPS) is 14.1. The second-order valence-corrected chi connectivity index (χ2v) is 8.35. The van der Waals surface area contributed by atoms with Crippen molar-refractivity contribution in [2.45, 2.75) is 0 Å². The Morgan fingerprint density at radius 1 is 0.912 bits per heavy atom. The first-order valence-electron chi connectivity index (χ1n) is 11.2. The maximum Gasteiger partial charge on any atom is 0.263 e. The minimum absolute atomic E-state index is 0.212. The summed E-state index contributed by atoms with van der Waals surface area (Å²) in [5.74, 6) is 0.904. The maximum atomic E-state index is 13.6. The highest BCUT2D eigenvalue weighted by Crippen LogP contribution is 2.26. The lowest BCUT2D eigenvalue weighted by Crippen LogP contribution is -2.44. The molecule has 0 unspecified atom stereocenters. The van der Waals surface area contributed by atoms with Gasteiger partial charge in [0.05, 0.1) is 29.2 Å². The van der Waals surface area contributed by atoms with Crippen LogP contribution in [-0.2, 0) is 0 Å². The Balaban J connectivity index is 1.62. The van der Waals surface area contributed by atoms with Crippen molar-refractivity contribution in [1.29, 1.82) is 5.26 Å².